The maximum Gasteiger partial charge on any atom is 0.304 e. The molecule has 0 aliphatic carbocycles. The van der Waals surface area contributed by atoms with Crippen LogP contribution in [-0.2, 0) is 4.79 Å². The van der Waals surface area contributed by atoms with E-state index in [9.17, 15) is 4.79 Å². The summed E-state index contributed by atoms with van der Waals surface area (Å²) in [6.45, 7) is 1.37. The number of nitrogens with zero attached hydrogens (tertiary/aromatic N) is 3. The highest BCUT2D eigenvalue weighted by atomic mass is 16.5. The first-order valence-electron chi connectivity index (χ1n) is 8.99. The van der Waals surface area contributed by atoms with Gasteiger partial charge in [0.15, 0.2) is 0 Å². The molecule has 4 rings (SSSR count). The van der Waals surface area contributed by atoms with Crippen molar-refractivity contribution in [1.82, 2.24) is 15.0 Å². The number of carbonyl (C=O) groups is 1. The van der Waals surface area contributed by atoms with Gasteiger partial charge in [-0.2, -0.15) is 4.98 Å². The van der Waals surface area contributed by atoms with Crippen molar-refractivity contribution in [3.63, 3.8) is 0 Å². The molecule has 2 aromatic carbocycles. The Kier molecular flexibility index (Phi) is 4.67. The Morgan fingerprint density at radius 2 is 2.04 bits per heavy atom. The van der Waals surface area contributed by atoms with Crippen molar-refractivity contribution >= 4 is 16.7 Å². The number of rotatable bonds is 5. The van der Waals surface area contributed by atoms with Crippen LogP contribution in [0.3, 0.4) is 0 Å². The van der Waals surface area contributed by atoms with E-state index in [-0.39, 0.29) is 12.5 Å². The van der Waals surface area contributed by atoms with Crippen LogP contribution >= 0.6 is 0 Å². The molecule has 0 spiro atoms. The predicted molar refractivity (Wildman–Crippen MR) is 97.7 cm³/mol. The molecule has 1 atom stereocenters. The van der Waals surface area contributed by atoms with Gasteiger partial charge in [0, 0.05) is 12.1 Å². The van der Waals surface area contributed by atoms with Crippen LogP contribution in [0, 0.1) is 0 Å². The summed E-state index contributed by atoms with van der Waals surface area (Å²) < 4.78 is 5.56. The van der Waals surface area contributed by atoms with Gasteiger partial charge in [-0.05, 0) is 36.2 Å². The number of fused-ring (bicyclic) bond motifs is 1. The summed E-state index contributed by atoms with van der Waals surface area (Å²) in [5, 5.41) is 15.4. The van der Waals surface area contributed by atoms with Crippen molar-refractivity contribution in [3.05, 3.63) is 48.4 Å². The third-order valence-electron chi connectivity index (χ3n) is 4.96. The van der Waals surface area contributed by atoms with Gasteiger partial charge in [-0.15, -0.1) is 0 Å². The van der Waals surface area contributed by atoms with E-state index in [2.05, 4.69) is 39.3 Å². The predicted octanol–water partition coefficient (Wildman–Crippen LogP) is 3.89. The van der Waals surface area contributed by atoms with E-state index in [1.807, 2.05) is 18.2 Å². The van der Waals surface area contributed by atoms with E-state index in [1.165, 1.54) is 5.39 Å². The van der Waals surface area contributed by atoms with Crippen LogP contribution in [0.1, 0.15) is 37.6 Å². The van der Waals surface area contributed by atoms with Gasteiger partial charge in [0.2, 0.25) is 11.7 Å². The largest absolute Gasteiger partial charge is 0.481 e. The van der Waals surface area contributed by atoms with Crippen LogP contribution < -0.4 is 0 Å². The second kappa shape index (κ2) is 7.25. The molecule has 1 aliphatic heterocycles. The van der Waals surface area contributed by atoms with E-state index in [1.54, 1.807) is 0 Å². The summed E-state index contributed by atoms with van der Waals surface area (Å²) in [6, 6.07) is 14.3. The number of aromatic nitrogens is 2. The van der Waals surface area contributed by atoms with Crippen molar-refractivity contribution < 1.29 is 14.4 Å². The minimum Gasteiger partial charge on any atom is -0.481 e. The summed E-state index contributed by atoms with van der Waals surface area (Å²) in [4.78, 5) is 17.7. The number of piperidine rings is 1. The molecule has 1 aromatic heterocycles. The summed E-state index contributed by atoms with van der Waals surface area (Å²) in [5.41, 5.74) is 0.923. The van der Waals surface area contributed by atoms with Crippen LogP contribution in [-0.4, -0.2) is 39.2 Å². The highest BCUT2D eigenvalue weighted by Gasteiger charge is 2.29. The van der Waals surface area contributed by atoms with Crippen LogP contribution in [0.4, 0.5) is 0 Å². The molecule has 0 saturated carbocycles. The van der Waals surface area contributed by atoms with Crippen LogP contribution in [0.25, 0.3) is 22.2 Å². The van der Waals surface area contributed by atoms with Gasteiger partial charge in [-0.3, -0.25) is 9.69 Å². The first-order chi connectivity index (χ1) is 12.7. The molecule has 1 aliphatic rings. The number of carboxylic acids is 1. The fraction of sp³-hybridized carbons (Fsp3) is 0.350. The van der Waals surface area contributed by atoms with Gasteiger partial charge in [-0.1, -0.05) is 48.0 Å². The molecule has 26 heavy (non-hydrogen) atoms. The third-order valence-corrected chi connectivity index (χ3v) is 4.96. The van der Waals surface area contributed by atoms with Gasteiger partial charge >= 0.3 is 5.97 Å². The van der Waals surface area contributed by atoms with Gasteiger partial charge < -0.3 is 9.63 Å². The Hall–Kier alpha value is -2.73. The monoisotopic (exact) mass is 351 g/mol. The zero-order valence-electron chi connectivity index (χ0n) is 14.5. The van der Waals surface area contributed by atoms with Gasteiger partial charge in [-0.25, -0.2) is 0 Å². The Morgan fingerprint density at radius 3 is 2.88 bits per heavy atom. The van der Waals surface area contributed by atoms with E-state index < -0.39 is 5.97 Å². The fourth-order valence-electron chi connectivity index (χ4n) is 3.59. The lowest BCUT2D eigenvalue weighted by molar-refractivity contribution is -0.137. The molecular formula is C20H21N3O3. The lowest BCUT2D eigenvalue weighted by atomic mass is 10.0. The van der Waals surface area contributed by atoms with E-state index in [0.717, 1.165) is 36.8 Å². The minimum absolute atomic E-state index is 0.00445. The number of hydrogen-bond acceptors (Lipinski definition) is 5. The molecule has 0 bridgehead atoms. The molecule has 1 fully saturated rings. The fourth-order valence-corrected chi connectivity index (χ4v) is 3.59. The Labute approximate surface area is 151 Å². The van der Waals surface area contributed by atoms with Crippen molar-refractivity contribution in [2.75, 3.05) is 13.1 Å². The summed E-state index contributed by atoms with van der Waals surface area (Å²) >= 11 is 0. The normalized spacial score (nSPS) is 18.2. The van der Waals surface area contributed by atoms with Crippen molar-refractivity contribution in [2.45, 2.75) is 31.7 Å². The molecule has 1 saturated heterocycles. The minimum atomic E-state index is -0.781. The lowest BCUT2D eigenvalue weighted by Crippen LogP contribution is -2.35. The number of carboxylic acid groups (broad SMARTS) is 1. The number of likely N-dealkylation sites (tertiary alicyclic amines) is 1. The van der Waals surface area contributed by atoms with E-state index in [0.29, 0.717) is 18.3 Å². The number of hydrogen-bond donors (Lipinski definition) is 1. The molecule has 0 amide bonds. The molecule has 3 aromatic rings. The molecule has 2 heterocycles. The van der Waals surface area contributed by atoms with Crippen molar-refractivity contribution in [1.29, 1.82) is 0 Å². The first kappa shape index (κ1) is 16.7. The second-order valence-corrected chi connectivity index (χ2v) is 6.71. The zero-order chi connectivity index (χ0) is 17.9. The van der Waals surface area contributed by atoms with Crippen molar-refractivity contribution in [3.8, 4) is 11.4 Å². The molecular weight excluding hydrogens is 330 g/mol. The standard InChI is InChI=1S/C20H21N3O3/c24-18(25)10-12-23-11-4-3-7-17(23)20-21-19(22-26-20)16-9-8-14-5-1-2-6-15(14)13-16/h1-2,5-6,8-9,13,17H,3-4,7,10-12H2,(H,24,25)/t17-/m0/s1. The van der Waals surface area contributed by atoms with Crippen LogP contribution in [0.15, 0.2) is 47.0 Å². The Bertz CT molecular complexity index is 921. The van der Waals surface area contributed by atoms with E-state index in [4.69, 9.17) is 9.63 Å². The number of aliphatic carboxylic acids is 1. The van der Waals surface area contributed by atoms with Gasteiger partial charge in [0.1, 0.15) is 0 Å². The summed E-state index contributed by atoms with van der Waals surface area (Å²) in [6.07, 6.45) is 3.20. The maximum atomic E-state index is 10.9. The third kappa shape index (κ3) is 3.46. The maximum absolute atomic E-state index is 10.9. The van der Waals surface area contributed by atoms with E-state index >= 15 is 0 Å². The topological polar surface area (TPSA) is 79.5 Å². The molecule has 0 unspecified atom stereocenters. The summed E-state index contributed by atoms with van der Waals surface area (Å²) in [5.74, 6) is 0.379. The summed E-state index contributed by atoms with van der Waals surface area (Å²) in [7, 11) is 0. The second-order valence-electron chi connectivity index (χ2n) is 6.71. The van der Waals surface area contributed by atoms with Crippen LogP contribution in [0.2, 0.25) is 0 Å². The van der Waals surface area contributed by atoms with Crippen LogP contribution in [0.5, 0.6) is 0 Å². The molecule has 6 nitrogen and oxygen atoms in total. The van der Waals surface area contributed by atoms with Crippen molar-refractivity contribution in [2.24, 2.45) is 0 Å². The molecule has 1 N–H and O–H groups in total. The highest BCUT2D eigenvalue weighted by Crippen LogP contribution is 2.31. The average molecular weight is 351 g/mol. The quantitative estimate of drug-likeness (QED) is 0.751. The first-order valence-corrected chi connectivity index (χ1v) is 8.99. The smallest absolute Gasteiger partial charge is 0.304 e. The lowest BCUT2D eigenvalue weighted by Gasteiger charge is -2.32. The van der Waals surface area contributed by atoms with Gasteiger partial charge in [0.05, 0.1) is 12.5 Å². The molecule has 134 valence electrons. The average Bonchev–Trinajstić information content (AvgIpc) is 3.16. The number of benzene rings is 2. The Balaban J connectivity index is 1.58. The SMILES string of the molecule is O=C(O)CCN1CCCC[C@H]1c1nc(-c2ccc3ccccc3c2)no1. The molecule has 6 heteroatoms. The Morgan fingerprint density at radius 1 is 1.19 bits per heavy atom. The molecule has 0 radical (unpaired) electrons. The zero-order valence-corrected chi connectivity index (χ0v) is 14.5. The van der Waals surface area contributed by atoms with Gasteiger partial charge in [0.25, 0.3) is 0 Å². The highest BCUT2D eigenvalue weighted by molar-refractivity contribution is 5.86.